The molecule has 0 bridgehead atoms. The third kappa shape index (κ3) is 5.89. The minimum Gasteiger partial charge on any atom is -0.381 e. The molecule has 0 radical (unpaired) electrons. The van der Waals surface area contributed by atoms with E-state index in [-0.39, 0.29) is 41.4 Å². The molecule has 3 aliphatic rings. The molecule has 1 aromatic carbocycles. The Morgan fingerprint density at radius 1 is 1.22 bits per heavy atom. The maximum atomic E-state index is 12.7. The zero-order valence-corrected chi connectivity index (χ0v) is 22.0. The fourth-order valence-corrected chi connectivity index (χ4v) is 5.68. The lowest BCUT2D eigenvalue weighted by molar-refractivity contribution is -0.134. The molecule has 1 aromatic rings. The Labute approximate surface area is 213 Å². The molecular formula is C24H36ClIN4O2. The average molecular weight is 575 g/mol. The number of nitrogens with zero attached hydrogens (tertiary/aromatic N) is 2. The number of halogens is 2. The van der Waals surface area contributed by atoms with Crippen LogP contribution in [0.5, 0.6) is 0 Å². The van der Waals surface area contributed by atoms with Gasteiger partial charge >= 0.3 is 0 Å². The van der Waals surface area contributed by atoms with Crippen LogP contribution >= 0.6 is 35.6 Å². The first-order valence-electron chi connectivity index (χ1n) is 11.7. The van der Waals surface area contributed by atoms with E-state index in [1.165, 1.54) is 18.4 Å². The molecule has 1 aliphatic carbocycles. The zero-order valence-electron chi connectivity index (χ0n) is 18.9. The SMILES string of the molecule is CN=C(NCC1(c2ccccc2Cl)CCOCC1)NC1CCN(C(=O)C2CCCC2)C1.I. The van der Waals surface area contributed by atoms with Crippen LogP contribution in [-0.4, -0.2) is 62.7 Å². The number of carbonyl (C=O) groups is 1. The molecule has 8 heteroatoms. The second kappa shape index (κ2) is 11.9. The Kier molecular flexibility index (Phi) is 9.49. The third-order valence-electron chi connectivity index (χ3n) is 7.26. The number of amides is 1. The minimum atomic E-state index is -0.0750. The van der Waals surface area contributed by atoms with Crippen molar-refractivity contribution in [3.05, 3.63) is 34.9 Å². The molecule has 4 rings (SSSR count). The summed E-state index contributed by atoms with van der Waals surface area (Å²) in [5.41, 5.74) is 1.10. The standard InChI is InChI=1S/C24H35ClN4O2.HI/c1-26-23(28-19-10-13-29(16-19)22(30)18-6-2-3-7-18)27-17-24(11-14-31-15-12-24)20-8-4-5-9-21(20)25;/h4-5,8-9,18-19H,2-3,6-7,10-17H2,1H3,(H2,26,27,28);1H. The van der Waals surface area contributed by atoms with Gasteiger partial charge in [0.1, 0.15) is 0 Å². The summed E-state index contributed by atoms with van der Waals surface area (Å²) in [4.78, 5) is 19.2. The van der Waals surface area contributed by atoms with Gasteiger partial charge in [0.15, 0.2) is 5.96 Å². The van der Waals surface area contributed by atoms with Gasteiger partial charge in [-0.25, -0.2) is 0 Å². The average Bonchev–Trinajstić information content (AvgIpc) is 3.49. The van der Waals surface area contributed by atoms with Crippen molar-refractivity contribution in [3.8, 4) is 0 Å². The molecule has 1 amide bonds. The van der Waals surface area contributed by atoms with Crippen molar-refractivity contribution in [2.24, 2.45) is 10.9 Å². The first-order chi connectivity index (χ1) is 15.1. The topological polar surface area (TPSA) is 66.0 Å². The molecule has 2 saturated heterocycles. The van der Waals surface area contributed by atoms with Crippen LogP contribution in [-0.2, 0) is 14.9 Å². The van der Waals surface area contributed by atoms with Gasteiger partial charge in [-0.2, -0.15) is 0 Å². The number of carbonyl (C=O) groups excluding carboxylic acids is 1. The number of hydrogen-bond donors (Lipinski definition) is 2. The van der Waals surface area contributed by atoms with E-state index in [2.05, 4.69) is 27.8 Å². The summed E-state index contributed by atoms with van der Waals surface area (Å²) in [6, 6.07) is 8.37. The van der Waals surface area contributed by atoms with Crippen molar-refractivity contribution in [2.45, 2.75) is 56.4 Å². The van der Waals surface area contributed by atoms with E-state index < -0.39 is 0 Å². The lowest BCUT2D eigenvalue weighted by atomic mass is 9.74. The predicted molar refractivity (Wildman–Crippen MR) is 140 cm³/mol. The number of ether oxygens (including phenoxy) is 1. The van der Waals surface area contributed by atoms with Crippen LogP contribution in [0.3, 0.4) is 0 Å². The molecule has 1 saturated carbocycles. The minimum absolute atomic E-state index is 0. The molecular weight excluding hydrogens is 539 g/mol. The number of rotatable bonds is 5. The van der Waals surface area contributed by atoms with Crippen molar-refractivity contribution in [3.63, 3.8) is 0 Å². The van der Waals surface area contributed by atoms with Crippen molar-refractivity contribution in [1.29, 1.82) is 0 Å². The van der Waals surface area contributed by atoms with E-state index in [0.29, 0.717) is 5.91 Å². The Morgan fingerprint density at radius 2 is 1.94 bits per heavy atom. The van der Waals surface area contributed by atoms with Gasteiger partial charge in [-0.3, -0.25) is 9.79 Å². The predicted octanol–water partition coefficient (Wildman–Crippen LogP) is 3.96. The van der Waals surface area contributed by atoms with Crippen molar-refractivity contribution < 1.29 is 9.53 Å². The van der Waals surface area contributed by atoms with Crippen molar-refractivity contribution in [2.75, 3.05) is 39.9 Å². The highest BCUT2D eigenvalue weighted by molar-refractivity contribution is 14.0. The van der Waals surface area contributed by atoms with Crippen LogP contribution < -0.4 is 10.6 Å². The maximum Gasteiger partial charge on any atom is 0.225 e. The van der Waals surface area contributed by atoms with Crippen LogP contribution in [0.2, 0.25) is 5.02 Å². The maximum absolute atomic E-state index is 12.7. The highest BCUT2D eigenvalue weighted by Crippen LogP contribution is 2.38. The highest BCUT2D eigenvalue weighted by atomic mass is 127. The van der Waals surface area contributed by atoms with Gasteiger partial charge in [-0.05, 0) is 43.7 Å². The molecule has 2 aliphatic heterocycles. The molecule has 0 aromatic heterocycles. The van der Waals surface area contributed by atoms with Crippen LogP contribution in [0.15, 0.2) is 29.3 Å². The fourth-order valence-electron chi connectivity index (χ4n) is 5.34. The number of nitrogens with one attached hydrogen (secondary N) is 2. The number of likely N-dealkylation sites (tertiary alicyclic amines) is 1. The van der Waals surface area contributed by atoms with Gasteiger partial charge in [-0.15, -0.1) is 24.0 Å². The Balaban J connectivity index is 0.00000289. The molecule has 1 atom stereocenters. The van der Waals surface area contributed by atoms with Gasteiger partial charge in [0.25, 0.3) is 0 Å². The molecule has 2 heterocycles. The van der Waals surface area contributed by atoms with Crippen molar-refractivity contribution in [1.82, 2.24) is 15.5 Å². The van der Waals surface area contributed by atoms with E-state index in [1.54, 1.807) is 7.05 Å². The number of aliphatic imine (C=N–C) groups is 1. The summed E-state index contributed by atoms with van der Waals surface area (Å²) in [5.74, 6) is 1.39. The lowest BCUT2D eigenvalue weighted by Crippen LogP contribution is -2.50. The highest BCUT2D eigenvalue weighted by Gasteiger charge is 2.37. The molecule has 1 unspecified atom stereocenters. The van der Waals surface area contributed by atoms with E-state index >= 15 is 0 Å². The lowest BCUT2D eigenvalue weighted by Gasteiger charge is -2.39. The monoisotopic (exact) mass is 574 g/mol. The second-order valence-electron chi connectivity index (χ2n) is 9.19. The molecule has 6 nitrogen and oxygen atoms in total. The number of guanidine groups is 1. The Hall–Kier alpha value is -1.06. The van der Waals surface area contributed by atoms with Gasteiger partial charge in [-0.1, -0.05) is 42.6 Å². The van der Waals surface area contributed by atoms with Gasteiger partial charge < -0.3 is 20.3 Å². The molecule has 3 fully saturated rings. The summed E-state index contributed by atoms with van der Waals surface area (Å²) in [7, 11) is 1.80. The summed E-state index contributed by atoms with van der Waals surface area (Å²) in [6.07, 6.45) is 7.32. The largest absolute Gasteiger partial charge is 0.381 e. The summed E-state index contributed by atoms with van der Waals surface area (Å²) >= 11 is 6.58. The van der Waals surface area contributed by atoms with Gasteiger partial charge in [0.2, 0.25) is 5.91 Å². The second-order valence-corrected chi connectivity index (χ2v) is 9.60. The molecule has 32 heavy (non-hydrogen) atoms. The smallest absolute Gasteiger partial charge is 0.225 e. The zero-order chi connectivity index (χ0) is 21.7. The van der Waals surface area contributed by atoms with Crippen molar-refractivity contribution >= 4 is 47.4 Å². The summed E-state index contributed by atoms with van der Waals surface area (Å²) in [6.45, 7) is 3.82. The number of hydrogen-bond acceptors (Lipinski definition) is 3. The number of benzene rings is 1. The molecule has 2 N–H and O–H groups in total. The summed E-state index contributed by atoms with van der Waals surface area (Å²) in [5, 5.41) is 7.91. The van der Waals surface area contributed by atoms with E-state index in [4.69, 9.17) is 16.3 Å². The first-order valence-corrected chi connectivity index (χ1v) is 12.1. The molecule has 0 spiro atoms. The van der Waals surface area contributed by atoms with Gasteiger partial charge in [0, 0.05) is 62.3 Å². The van der Waals surface area contributed by atoms with Gasteiger partial charge in [0.05, 0.1) is 0 Å². The molecule has 178 valence electrons. The Morgan fingerprint density at radius 3 is 2.62 bits per heavy atom. The van der Waals surface area contributed by atoms with Crippen LogP contribution in [0, 0.1) is 5.92 Å². The first kappa shape index (κ1) is 25.6. The fraction of sp³-hybridized carbons (Fsp3) is 0.667. The third-order valence-corrected chi connectivity index (χ3v) is 7.59. The van der Waals surface area contributed by atoms with E-state index in [0.717, 1.165) is 75.9 Å². The summed E-state index contributed by atoms with van der Waals surface area (Å²) < 4.78 is 5.65. The van der Waals surface area contributed by atoms with E-state index in [9.17, 15) is 4.79 Å². The van der Waals surface area contributed by atoms with Crippen LogP contribution in [0.4, 0.5) is 0 Å². The van der Waals surface area contributed by atoms with Crippen LogP contribution in [0.1, 0.15) is 50.5 Å². The quantitative estimate of drug-likeness (QED) is 0.318. The van der Waals surface area contributed by atoms with Crippen LogP contribution in [0.25, 0.3) is 0 Å². The Bertz CT molecular complexity index is 794. The normalized spacial score (nSPS) is 23.6. The van der Waals surface area contributed by atoms with E-state index in [1.807, 2.05) is 17.0 Å².